The lowest BCUT2D eigenvalue weighted by Gasteiger charge is -2.09. The first-order valence-electron chi connectivity index (χ1n) is 8.17. The number of carbonyl (C=O) groups is 1. The number of rotatable bonds is 6. The zero-order valence-corrected chi connectivity index (χ0v) is 14.4. The molecule has 2 N–H and O–H groups in total. The molecule has 0 aliphatic rings. The van der Waals surface area contributed by atoms with Crippen LogP contribution in [0.3, 0.4) is 0 Å². The van der Waals surface area contributed by atoms with Crippen molar-refractivity contribution in [1.82, 2.24) is 5.43 Å². The molecule has 126 valence electrons. The van der Waals surface area contributed by atoms with Crippen LogP contribution in [0.15, 0.2) is 53.6 Å². The van der Waals surface area contributed by atoms with Gasteiger partial charge in [-0.1, -0.05) is 57.2 Å². The lowest BCUT2D eigenvalue weighted by atomic mass is 9.97. The smallest absolute Gasteiger partial charge is 0.275 e. The molecule has 24 heavy (non-hydrogen) atoms. The number of hydrogen-bond donors (Lipinski definition) is 2. The summed E-state index contributed by atoms with van der Waals surface area (Å²) >= 11 is 0. The molecule has 0 aliphatic heterocycles. The van der Waals surface area contributed by atoms with E-state index in [-0.39, 0.29) is 17.2 Å². The van der Waals surface area contributed by atoms with Gasteiger partial charge in [-0.15, -0.1) is 0 Å². The van der Waals surface area contributed by atoms with E-state index >= 15 is 0 Å². The topological polar surface area (TPSA) is 61.7 Å². The number of hydrogen-bond acceptors (Lipinski definition) is 3. The van der Waals surface area contributed by atoms with Crippen LogP contribution >= 0.6 is 0 Å². The highest BCUT2D eigenvalue weighted by Gasteiger charge is 2.09. The van der Waals surface area contributed by atoms with E-state index in [0.717, 1.165) is 6.42 Å². The predicted octanol–water partition coefficient (Wildman–Crippen LogP) is 4.11. The summed E-state index contributed by atoms with van der Waals surface area (Å²) in [6.07, 6.45) is 2.57. The average molecular weight is 324 g/mol. The van der Waals surface area contributed by atoms with Gasteiger partial charge in [-0.25, -0.2) is 5.43 Å². The van der Waals surface area contributed by atoms with Crippen LogP contribution in [0.1, 0.15) is 48.2 Å². The molecule has 2 aromatic carbocycles. The van der Waals surface area contributed by atoms with Crippen LogP contribution in [0.5, 0.6) is 5.75 Å². The molecule has 1 amide bonds. The molecule has 0 radical (unpaired) electrons. The number of nitrogens with zero attached hydrogens (tertiary/aromatic N) is 1. The Bertz CT molecular complexity index is 706. The van der Waals surface area contributed by atoms with Crippen LogP contribution in [-0.4, -0.2) is 17.2 Å². The first-order chi connectivity index (χ1) is 11.5. The molecule has 0 saturated carbocycles. The summed E-state index contributed by atoms with van der Waals surface area (Å²) in [4.78, 5) is 11.9. The SMILES string of the molecule is CC(/C=N/NC(=O)c1ccccc1O)Cc1ccc(C(C)C)cc1. The van der Waals surface area contributed by atoms with E-state index in [1.165, 1.54) is 17.2 Å². The Morgan fingerprint density at radius 3 is 2.42 bits per heavy atom. The monoisotopic (exact) mass is 324 g/mol. The van der Waals surface area contributed by atoms with E-state index in [4.69, 9.17) is 0 Å². The number of amides is 1. The van der Waals surface area contributed by atoms with Crippen LogP contribution in [0.4, 0.5) is 0 Å². The molecule has 0 spiro atoms. The molecular formula is C20H24N2O2. The summed E-state index contributed by atoms with van der Waals surface area (Å²) in [6, 6.07) is 15.0. The second-order valence-electron chi connectivity index (χ2n) is 6.31. The normalized spacial score (nSPS) is 12.5. The van der Waals surface area contributed by atoms with Gasteiger partial charge >= 0.3 is 0 Å². The first kappa shape index (κ1) is 17.7. The van der Waals surface area contributed by atoms with Crippen LogP contribution in [-0.2, 0) is 6.42 Å². The van der Waals surface area contributed by atoms with Crippen LogP contribution in [0.25, 0.3) is 0 Å². The lowest BCUT2D eigenvalue weighted by molar-refractivity contribution is 0.0952. The van der Waals surface area contributed by atoms with Gasteiger partial charge in [0.15, 0.2) is 0 Å². The molecule has 0 saturated heterocycles. The van der Waals surface area contributed by atoms with Gasteiger partial charge in [-0.2, -0.15) is 5.10 Å². The molecule has 2 aromatic rings. The molecule has 0 aromatic heterocycles. The van der Waals surface area contributed by atoms with Crippen LogP contribution < -0.4 is 5.43 Å². The van der Waals surface area contributed by atoms with E-state index in [9.17, 15) is 9.90 Å². The maximum atomic E-state index is 11.9. The highest BCUT2D eigenvalue weighted by Crippen LogP contribution is 2.17. The van der Waals surface area contributed by atoms with Gasteiger partial charge < -0.3 is 5.11 Å². The second kappa shape index (κ2) is 8.29. The minimum atomic E-state index is -0.419. The molecule has 0 fully saturated rings. The number of nitrogens with one attached hydrogen (secondary N) is 1. The maximum Gasteiger partial charge on any atom is 0.275 e. The number of benzene rings is 2. The number of phenolic OH excluding ortho intramolecular Hbond substituents is 1. The first-order valence-corrected chi connectivity index (χ1v) is 8.17. The minimum absolute atomic E-state index is 0.0523. The summed E-state index contributed by atoms with van der Waals surface area (Å²) in [5.41, 5.74) is 5.24. The number of phenols is 1. The Morgan fingerprint density at radius 2 is 1.79 bits per heavy atom. The van der Waals surface area contributed by atoms with Crippen LogP contribution in [0, 0.1) is 5.92 Å². The zero-order chi connectivity index (χ0) is 17.5. The molecule has 1 atom stereocenters. The van der Waals surface area contributed by atoms with Gasteiger partial charge in [-0.05, 0) is 41.5 Å². The van der Waals surface area contributed by atoms with Crippen molar-refractivity contribution in [2.24, 2.45) is 11.0 Å². The molecule has 0 aliphatic carbocycles. The van der Waals surface area contributed by atoms with E-state index in [2.05, 4.69) is 48.6 Å². The van der Waals surface area contributed by atoms with Gasteiger partial charge in [0, 0.05) is 6.21 Å². The van der Waals surface area contributed by atoms with Crippen molar-refractivity contribution in [3.05, 3.63) is 65.2 Å². The summed E-state index contributed by atoms with van der Waals surface area (Å²) in [6.45, 7) is 6.40. The minimum Gasteiger partial charge on any atom is -0.507 e. The average Bonchev–Trinajstić information content (AvgIpc) is 2.55. The fraction of sp³-hybridized carbons (Fsp3) is 0.300. The predicted molar refractivity (Wildman–Crippen MR) is 97.5 cm³/mol. The largest absolute Gasteiger partial charge is 0.507 e. The summed E-state index contributed by atoms with van der Waals surface area (Å²) in [5.74, 6) is 0.253. The van der Waals surface area contributed by atoms with Gasteiger partial charge in [0.1, 0.15) is 5.75 Å². The van der Waals surface area contributed by atoms with Gasteiger partial charge in [0.05, 0.1) is 5.56 Å². The summed E-state index contributed by atoms with van der Waals surface area (Å²) in [5, 5.41) is 13.6. The van der Waals surface area contributed by atoms with Gasteiger partial charge in [0.2, 0.25) is 0 Å². The third-order valence-electron chi connectivity index (χ3n) is 3.85. The Kier molecular flexibility index (Phi) is 6.13. The molecular weight excluding hydrogens is 300 g/mol. The number of aromatic hydroxyl groups is 1. The highest BCUT2D eigenvalue weighted by atomic mass is 16.3. The van der Waals surface area contributed by atoms with Crippen molar-refractivity contribution < 1.29 is 9.90 Å². The molecule has 0 bridgehead atoms. The second-order valence-corrected chi connectivity index (χ2v) is 6.31. The standard InChI is InChI=1S/C20H24N2O2/c1-14(2)17-10-8-16(9-11-17)12-15(3)13-21-22-20(24)18-6-4-5-7-19(18)23/h4-11,13-15,23H,12H2,1-3H3,(H,22,24)/b21-13+. The summed E-state index contributed by atoms with van der Waals surface area (Å²) < 4.78 is 0. The van der Waals surface area contributed by atoms with E-state index < -0.39 is 5.91 Å². The summed E-state index contributed by atoms with van der Waals surface area (Å²) in [7, 11) is 0. The molecule has 4 nitrogen and oxygen atoms in total. The van der Waals surface area contributed by atoms with Crippen molar-refractivity contribution in [2.45, 2.75) is 33.1 Å². The third kappa shape index (κ3) is 4.95. The molecule has 4 heteroatoms. The van der Waals surface area contributed by atoms with E-state index in [1.54, 1.807) is 24.4 Å². The Balaban J connectivity index is 1.87. The molecule has 2 rings (SSSR count). The fourth-order valence-corrected chi connectivity index (χ4v) is 2.41. The fourth-order valence-electron chi connectivity index (χ4n) is 2.41. The van der Waals surface area contributed by atoms with E-state index in [1.807, 2.05) is 6.92 Å². The number of carbonyl (C=O) groups excluding carboxylic acids is 1. The number of hydrazone groups is 1. The highest BCUT2D eigenvalue weighted by molar-refractivity contribution is 5.96. The zero-order valence-electron chi connectivity index (χ0n) is 14.4. The van der Waals surface area contributed by atoms with Crippen molar-refractivity contribution in [3.8, 4) is 5.75 Å². The molecule has 0 heterocycles. The third-order valence-corrected chi connectivity index (χ3v) is 3.85. The Morgan fingerprint density at radius 1 is 1.12 bits per heavy atom. The Labute approximate surface area is 143 Å². The molecule has 1 unspecified atom stereocenters. The van der Waals surface area contributed by atoms with Crippen molar-refractivity contribution in [2.75, 3.05) is 0 Å². The lowest BCUT2D eigenvalue weighted by Crippen LogP contribution is -2.18. The van der Waals surface area contributed by atoms with Gasteiger partial charge in [-0.3, -0.25) is 4.79 Å². The van der Waals surface area contributed by atoms with Crippen molar-refractivity contribution in [1.29, 1.82) is 0 Å². The van der Waals surface area contributed by atoms with Crippen molar-refractivity contribution in [3.63, 3.8) is 0 Å². The number of para-hydroxylation sites is 1. The van der Waals surface area contributed by atoms with Crippen LogP contribution in [0.2, 0.25) is 0 Å². The maximum absolute atomic E-state index is 11.9. The Hall–Kier alpha value is -2.62. The van der Waals surface area contributed by atoms with E-state index in [0.29, 0.717) is 5.92 Å². The van der Waals surface area contributed by atoms with Gasteiger partial charge in [0.25, 0.3) is 5.91 Å². The van der Waals surface area contributed by atoms with Crippen molar-refractivity contribution >= 4 is 12.1 Å². The quantitative estimate of drug-likeness (QED) is 0.620.